The van der Waals surface area contributed by atoms with Crippen LogP contribution in [0.2, 0.25) is 0 Å². The number of nitrogens with one attached hydrogen (secondary N) is 1. The minimum absolute atomic E-state index is 0.0990. The molecule has 1 aromatic carbocycles. The molecule has 0 saturated heterocycles. The summed E-state index contributed by atoms with van der Waals surface area (Å²) in [5, 5.41) is 11.5. The highest BCUT2D eigenvalue weighted by Crippen LogP contribution is 2.12. The number of hydrogen-bond acceptors (Lipinski definition) is 2. The van der Waals surface area contributed by atoms with Gasteiger partial charge in [-0.05, 0) is 25.0 Å². The number of rotatable bonds is 5. The van der Waals surface area contributed by atoms with Gasteiger partial charge in [-0.25, -0.2) is 4.39 Å². The van der Waals surface area contributed by atoms with Gasteiger partial charge >= 0.3 is 0 Å². The first-order valence-corrected chi connectivity index (χ1v) is 5.69. The van der Waals surface area contributed by atoms with E-state index in [1.165, 1.54) is 6.07 Å². The van der Waals surface area contributed by atoms with Crippen LogP contribution in [0.4, 0.5) is 4.39 Å². The van der Waals surface area contributed by atoms with E-state index in [9.17, 15) is 9.18 Å². The summed E-state index contributed by atoms with van der Waals surface area (Å²) in [5.41, 5.74) is 0.534. The average molecular weight is 239 g/mol. The molecular weight excluding hydrogens is 221 g/mol. The van der Waals surface area contributed by atoms with Crippen LogP contribution in [0.3, 0.4) is 0 Å². The highest BCUT2D eigenvalue weighted by molar-refractivity contribution is 5.78. The molecule has 3 nitrogen and oxygen atoms in total. The van der Waals surface area contributed by atoms with Gasteiger partial charge in [0.05, 0.1) is 6.61 Å². The zero-order valence-corrected chi connectivity index (χ0v) is 10.1. The largest absolute Gasteiger partial charge is 0.394 e. The number of carbonyl (C=O) groups is 1. The van der Waals surface area contributed by atoms with E-state index >= 15 is 0 Å². The Kier molecular flexibility index (Phi) is 5.10. The molecule has 0 fully saturated rings. The lowest BCUT2D eigenvalue weighted by Crippen LogP contribution is -2.39. The average Bonchev–Trinajstić information content (AvgIpc) is 2.31. The first-order valence-electron chi connectivity index (χ1n) is 5.69. The van der Waals surface area contributed by atoms with E-state index < -0.39 is 0 Å². The van der Waals surface area contributed by atoms with Gasteiger partial charge in [-0.15, -0.1) is 0 Å². The van der Waals surface area contributed by atoms with Crippen LogP contribution in [0.1, 0.15) is 19.4 Å². The molecule has 1 amide bonds. The molecule has 0 saturated carbocycles. The predicted octanol–water partition coefficient (Wildman–Crippen LogP) is 1.50. The van der Waals surface area contributed by atoms with Crippen molar-refractivity contribution in [3.63, 3.8) is 0 Å². The van der Waals surface area contributed by atoms with Gasteiger partial charge in [0.25, 0.3) is 0 Å². The minimum Gasteiger partial charge on any atom is -0.394 e. The Morgan fingerprint density at radius 3 is 2.65 bits per heavy atom. The van der Waals surface area contributed by atoms with Gasteiger partial charge in [0.1, 0.15) is 5.82 Å². The molecule has 2 N–H and O–H groups in total. The zero-order valence-electron chi connectivity index (χ0n) is 10.1. The molecule has 1 unspecified atom stereocenters. The highest BCUT2D eigenvalue weighted by Gasteiger charge is 2.16. The van der Waals surface area contributed by atoms with Crippen LogP contribution in [0.25, 0.3) is 0 Å². The number of carbonyl (C=O) groups excluding carboxylic acids is 1. The fraction of sp³-hybridized carbons (Fsp3) is 0.462. The molecule has 0 radical (unpaired) electrons. The molecule has 0 aliphatic rings. The maximum absolute atomic E-state index is 13.4. The van der Waals surface area contributed by atoms with Crippen molar-refractivity contribution < 1.29 is 14.3 Å². The van der Waals surface area contributed by atoms with E-state index in [4.69, 9.17) is 5.11 Å². The van der Waals surface area contributed by atoms with Crippen molar-refractivity contribution in [1.29, 1.82) is 0 Å². The maximum atomic E-state index is 13.4. The third-order valence-electron chi connectivity index (χ3n) is 2.59. The Bertz CT molecular complexity index is 381. The summed E-state index contributed by atoms with van der Waals surface area (Å²) in [5.74, 6) is -0.780. The molecule has 0 aliphatic carbocycles. The van der Waals surface area contributed by atoms with E-state index in [2.05, 4.69) is 5.32 Å². The molecule has 1 rings (SSSR count). The van der Waals surface area contributed by atoms with Gasteiger partial charge < -0.3 is 10.4 Å². The summed E-state index contributed by atoms with van der Waals surface area (Å²) in [6.07, 6.45) is 0.358. The quantitative estimate of drug-likeness (QED) is 0.818. The van der Waals surface area contributed by atoms with Crippen LogP contribution in [-0.2, 0) is 11.2 Å². The normalized spacial score (nSPS) is 14.1. The molecule has 0 heterocycles. The molecular formula is C13H18FNO2. The molecule has 0 bridgehead atoms. The summed E-state index contributed by atoms with van der Waals surface area (Å²) in [6, 6.07) is 6.16. The number of aliphatic hydroxyl groups excluding tert-OH is 1. The van der Waals surface area contributed by atoms with Crippen molar-refractivity contribution in [2.24, 2.45) is 5.92 Å². The fourth-order valence-electron chi connectivity index (χ4n) is 1.52. The number of aliphatic hydroxyl groups is 1. The van der Waals surface area contributed by atoms with Gasteiger partial charge in [0.2, 0.25) is 5.91 Å². The van der Waals surface area contributed by atoms with Crippen LogP contribution in [0, 0.1) is 11.7 Å². The number of benzene rings is 1. The fourth-order valence-corrected chi connectivity index (χ4v) is 1.52. The Balaban J connectivity index is 2.57. The Morgan fingerprint density at radius 2 is 2.06 bits per heavy atom. The van der Waals surface area contributed by atoms with Gasteiger partial charge in [0.15, 0.2) is 0 Å². The third-order valence-corrected chi connectivity index (χ3v) is 2.59. The number of hydrogen-bond donors (Lipinski definition) is 2. The minimum atomic E-state index is -0.319. The van der Waals surface area contributed by atoms with Crippen molar-refractivity contribution in [2.75, 3.05) is 6.61 Å². The van der Waals surface area contributed by atoms with E-state index in [1.807, 2.05) is 0 Å². The van der Waals surface area contributed by atoms with E-state index in [0.29, 0.717) is 12.0 Å². The van der Waals surface area contributed by atoms with Gasteiger partial charge in [0, 0.05) is 12.0 Å². The Morgan fingerprint density at radius 1 is 1.41 bits per heavy atom. The Labute approximate surface area is 101 Å². The van der Waals surface area contributed by atoms with Crippen molar-refractivity contribution in [3.05, 3.63) is 35.6 Å². The summed E-state index contributed by atoms with van der Waals surface area (Å²) in [4.78, 5) is 11.7. The topological polar surface area (TPSA) is 49.3 Å². The first kappa shape index (κ1) is 13.6. The zero-order chi connectivity index (χ0) is 12.8. The maximum Gasteiger partial charge on any atom is 0.223 e. The first-order chi connectivity index (χ1) is 8.04. The molecule has 94 valence electrons. The van der Waals surface area contributed by atoms with Crippen molar-refractivity contribution in [2.45, 2.75) is 26.3 Å². The summed E-state index contributed by atoms with van der Waals surface area (Å²) >= 11 is 0. The highest BCUT2D eigenvalue weighted by atomic mass is 19.1. The lowest BCUT2D eigenvalue weighted by Gasteiger charge is -2.16. The van der Waals surface area contributed by atoms with E-state index in [0.717, 1.165) is 0 Å². The van der Waals surface area contributed by atoms with Gasteiger partial charge in [-0.2, -0.15) is 0 Å². The second kappa shape index (κ2) is 6.35. The van der Waals surface area contributed by atoms with Crippen LogP contribution >= 0.6 is 0 Å². The smallest absolute Gasteiger partial charge is 0.223 e. The van der Waals surface area contributed by atoms with Crippen molar-refractivity contribution in [1.82, 2.24) is 5.32 Å². The summed E-state index contributed by atoms with van der Waals surface area (Å²) < 4.78 is 13.4. The third kappa shape index (κ3) is 4.15. The number of halogens is 1. The molecule has 0 spiro atoms. The number of amides is 1. The van der Waals surface area contributed by atoms with Crippen LogP contribution in [0.5, 0.6) is 0 Å². The monoisotopic (exact) mass is 239 g/mol. The molecule has 4 heteroatoms. The van der Waals surface area contributed by atoms with Gasteiger partial charge in [-0.3, -0.25) is 4.79 Å². The Hall–Kier alpha value is -1.42. The summed E-state index contributed by atoms with van der Waals surface area (Å²) in [7, 11) is 0. The predicted molar refractivity (Wildman–Crippen MR) is 64.0 cm³/mol. The SMILES string of the molecule is CC(Cc1ccccc1F)C(=O)N[C@@H](C)CO. The van der Waals surface area contributed by atoms with Crippen molar-refractivity contribution >= 4 is 5.91 Å². The molecule has 17 heavy (non-hydrogen) atoms. The second-order valence-electron chi connectivity index (χ2n) is 4.29. The standard InChI is InChI=1S/C13H18FNO2/c1-9(13(17)15-10(2)8-16)7-11-5-3-4-6-12(11)14/h3-6,9-10,16H,7-8H2,1-2H3,(H,15,17)/t9?,10-/m0/s1. The van der Waals surface area contributed by atoms with Gasteiger partial charge in [-0.1, -0.05) is 25.1 Å². The molecule has 0 aliphatic heterocycles. The van der Waals surface area contributed by atoms with Crippen LogP contribution < -0.4 is 5.32 Å². The molecule has 1 aromatic rings. The lowest BCUT2D eigenvalue weighted by molar-refractivity contribution is -0.125. The lowest BCUT2D eigenvalue weighted by atomic mass is 10.00. The summed E-state index contributed by atoms with van der Waals surface area (Å²) in [6.45, 7) is 3.36. The van der Waals surface area contributed by atoms with E-state index in [-0.39, 0.29) is 30.3 Å². The van der Waals surface area contributed by atoms with E-state index in [1.54, 1.807) is 32.0 Å². The van der Waals surface area contributed by atoms with Crippen LogP contribution in [0.15, 0.2) is 24.3 Å². The van der Waals surface area contributed by atoms with Crippen molar-refractivity contribution in [3.8, 4) is 0 Å². The molecule has 0 aromatic heterocycles. The second-order valence-corrected chi connectivity index (χ2v) is 4.29. The molecule has 2 atom stereocenters. The van der Waals surface area contributed by atoms with Crippen LogP contribution in [-0.4, -0.2) is 23.7 Å².